The summed E-state index contributed by atoms with van der Waals surface area (Å²) in [5, 5.41) is 18.6. The van der Waals surface area contributed by atoms with Gasteiger partial charge in [0.25, 0.3) is 0 Å². The van der Waals surface area contributed by atoms with E-state index in [1.54, 1.807) is 0 Å². The van der Waals surface area contributed by atoms with Crippen LogP contribution in [0.15, 0.2) is 10.8 Å². The molecule has 0 aliphatic carbocycles. The second kappa shape index (κ2) is 4.81. The van der Waals surface area contributed by atoms with Crippen LogP contribution in [0.4, 0.5) is 0 Å². The third kappa shape index (κ3) is 1.87. The summed E-state index contributed by atoms with van der Waals surface area (Å²) in [4.78, 5) is 24.2. The van der Waals surface area contributed by atoms with Gasteiger partial charge in [-0.1, -0.05) is 18.7 Å². The number of rotatable bonds is 5. The van der Waals surface area contributed by atoms with Gasteiger partial charge >= 0.3 is 5.97 Å². The summed E-state index contributed by atoms with van der Waals surface area (Å²) in [7, 11) is 0. The number of ether oxygens (including phenoxy) is 1. The number of aliphatic carboxylic acids is 1. The van der Waals surface area contributed by atoms with Crippen LogP contribution in [0.1, 0.15) is 20.3 Å². The fourth-order valence-corrected chi connectivity index (χ4v) is 3.52. The number of aliphatic hydroxyl groups excluding tert-OH is 1. The van der Waals surface area contributed by atoms with E-state index in [2.05, 4.69) is 0 Å². The number of carbonyl (C=O) groups excluding carboxylic acids is 1. The summed E-state index contributed by atoms with van der Waals surface area (Å²) >= 11 is 1.20. The second-order valence-electron chi connectivity index (χ2n) is 4.27. The molecule has 1 fully saturated rings. The lowest BCUT2D eigenvalue weighted by atomic mass is 9.92. The van der Waals surface area contributed by atoms with Crippen molar-refractivity contribution >= 4 is 23.6 Å². The summed E-state index contributed by atoms with van der Waals surface area (Å²) in [6.07, 6.45) is -0.0260. The van der Waals surface area contributed by atoms with E-state index in [0.717, 1.165) is 6.42 Å². The van der Waals surface area contributed by atoms with Crippen molar-refractivity contribution in [3.63, 3.8) is 0 Å². The molecule has 0 spiro atoms. The van der Waals surface area contributed by atoms with Gasteiger partial charge in [-0.15, -0.1) is 0 Å². The molecule has 1 unspecified atom stereocenters. The molecule has 100 valence electrons. The number of nitrogens with zero attached hydrogens (tertiary/aromatic N) is 1. The van der Waals surface area contributed by atoms with Crippen LogP contribution in [0.25, 0.3) is 0 Å². The van der Waals surface area contributed by atoms with Crippen molar-refractivity contribution in [3.05, 3.63) is 10.8 Å². The first-order valence-electron chi connectivity index (χ1n) is 5.77. The molecule has 0 saturated carbocycles. The highest BCUT2D eigenvalue weighted by molar-refractivity contribution is 8.03. The molecule has 2 aliphatic rings. The van der Waals surface area contributed by atoms with E-state index < -0.39 is 18.0 Å². The number of hydrogen-bond acceptors (Lipinski definition) is 5. The van der Waals surface area contributed by atoms with Gasteiger partial charge in [-0.05, 0) is 13.3 Å². The topological polar surface area (TPSA) is 87.1 Å². The molecule has 0 radical (unpaired) electrons. The van der Waals surface area contributed by atoms with Gasteiger partial charge in [-0.3, -0.25) is 9.69 Å². The molecule has 0 aromatic heterocycles. The summed E-state index contributed by atoms with van der Waals surface area (Å²) in [5.74, 6) is -2.07. The molecule has 6 nitrogen and oxygen atoms in total. The van der Waals surface area contributed by atoms with Gasteiger partial charge in [0.2, 0.25) is 5.91 Å². The summed E-state index contributed by atoms with van der Waals surface area (Å²) in [6.45, 7) is 3.86. The first kappa shape index (κ1) is 13.2. The molecule has 2 N–H and O–H groups in total. The molecule has 18 heavy (non-hydrogen) atoms. The Labute approximate surface area is 109 Å². The van der Waals surface area contributed by atoms with Gasteiger partial charge in [0, 0.05) is 0 Å². The Morgan fingerprint density at radius 3 is 2.78 bits per heavy atom. The van der Waals surface area contributed by atoms with Gasteiger partial charge in [0.1, 0.15) is 5.37 Å². The van der Waals surface area contributed by atoms with E-state index in [-0.39, 0.29) is 22.1 Å². The third-order valence-corrected chi connectivity index (χ3v) is 4.18. The van der Waals surface area contributed by atoms with Crippen molar-refractivity contribution in [2.75, 3.05) is 6.61 Å². The Bertz CT molecular complexity index is 420. The number of aliphatic hydroxyl groups is 1. The summed E-state index contributed by atoms with van der Waals surface area (Å²) in [5.41, 5.74) is -0.0969. The molecule has 0 aromatic carbocycles. The van der Waals surface area contributed by atoms with Crippen molar-refractivity contribution < 1.29 is 24.5 Å². The van der Waals surface area contributed by atoms with Crippen molar-refractivity contribution in [2.24, 2.45) is 5.92 Å². The van der Waals surface area contributed by atoms with Gasteiger partial charge < -0.3 is 14.9 Å². The number of carbonyl (C=O) groups is 2. The molecular weight excluding hydrogens is 258 g/mol. The Hall–Kier alpha value is -1.21. The average Bonchev–Trinajstić information content (AvgIpc) is 2.60. The van der Waals surface area contributed by atoms with Gasteiger partial charge in [-0.25, -0.2) is 4.79 Å². The maximum absolute atomic E-state index is 11.8. The standard InChI is InChI=1S/C11H15NO5S/c1-3-4-17-11-7(10(15)16)12-8(14)6(5(2)13)9(12)18-11/h5-6,9,13H,3-4H2,1-2H3,(H,15,16)/t5?,6-,9+/m0/s1. The van der Waals surface area contributed by atoms with Crippen molar-refractivity contribution in [2.45, 2.75) is 31.7 Å². The first-order valence-corrected chi connectivity index (χ1v) is 6.65. The van der Waals surface area contributed by atoms with Crippen molar-refractivity contribution in [1.29, 1.82) is 0 Å². The Morgan fingerprint density at radius 2 is 2.28 bits per heavy atom. The lowest BCUT2D eigenvalue weighted by molar-refractivity contribution is -0.156. The van der Waals surface area contributed by atoms with Crippen LogP contribution in [-0.2, 0) is 14.3 Å². The zero-order chi connectivity index (χ0) is 13.4. The number of fused-ring (bicyclic) bond motifs is 1. The number of carboxylic acids is 1. The highest BCUT2D eigenvalue weighted by Crippen LogP contribution is 2.50. The quantitative estimate of drug-likeness (QED) is 0.712. The van der Waals surface area contributed by atoms with Gasteiger partial charge in [0.15, 0.2) is 10.8 Å². The van der Waals surface area contributed by atoms with E-state index in [0.29, 0.717) is 6.61 Å². The summed E-state index contributed by atoms with van der Waals surface area (Å²) in [6, 6.07) is 0. The molecule has 0 aromatic rings. The molecule has 7 heteroatoms. The fourth-order valence-electron chi connectivity index (χ4n) is 2.05. The van der Waals surface area contributed by atoms with Crippen LogP contribution in [0.3, 0.4) is 0 Å². The van der Waals surface area contributed by atoms with E-state index >= 15 is 0 Å². The van der Waals surface area contributed by atoms with Gasteiger partial charge in [-0.2, -0.15) is 0 Å². The molecule has 1 amide bonds. The van der Waals surface area contributed by atoms with Crippen LogP contribution in [0.2, 0.25) is 0 Å². The predicted molar refractivity (Wildman–Crippen MR) is 64.3 cm³/mol. The Morgan fingerprint density at radius 1 is 1.61 bits per heavy atom. The number of thioether (sulfide) groups is 1. The van der Waals surface area contributed by atoms with E-state index in [1.165, 1.54) is 23.6 Å². The monoisotopic (exact) mass is 273 g/mol. The van der Waals surface area contributed by atoms with Crippen molar-refractivity contribution in [1.82, 2.24) is 4.90 Å². The SMILES string of the molecule is CCCOC1=C(C(=O)O)N2C(=O)[C@H](C(C)O)[C@H]2S1. The van der Waals surface area contributed by atoms with Crippen LogP contribution < -0.4 is 0 Å². The molecular formula is C11H15NO5S. The van der Waals surface area contributed by atoms with Crippen LogP contribution in [-0.4, -0.2) is 45.1 Å². The lowest BCUT2D eigenvalue weighted by Crippen LogP contribution is -2.60. The van der Waals surface area contributed by atoms with Crippen LogP contribution in [0, 0.1) is 5.92 Å². The first-order chi connectivity index (χ1) is 8.49. The number of β-lactam (4-membered cyclic amide) rings is 1. The Kier molecular flexibility index (Phi) is 3.54. The maximum Gasteiger partial charge on any atom is 0.357 e. The maximum atomic E-state index is 11.8. The number of hydrogen-bond donors (Lipinski definition) is 2. The molecule has 2 rings (SSSR count). The minimum Gasteiger partial charge on any atom is -0.485 e. The average molecular weight is 273 g/mol. The van der Waals surface area contributed by atoms with E-state index in [9.17, 15) is 14.7 Å². The van der Waals surface area contributed by atoms with E-state index in [1.807, 2.05) is 6.92 Å². The zero-order valence-corrected chi connectivity index (χ0v) is 10.9. The highest BCUT2D eigenvalue weighted by Gasteiger charge is 2.58. The Balaban J connectivity index is 2.21. The van der Waals surface area contributed by atoms with Crippen molar-refractivity contribution in [3.8, 4) is 0 Å². The van der Waals surface area contributed by atoms with Crippen LogP contribution >= 0.6 is 11.8 Å². The summed E-state index contributed by atoms with van der Waals surface area (Å²) < 4.78 is 5.37. The highest BCUT2D eigenvalue weighted by atomic mass is 32.2. The predicted octanol–water partition coefficient (Wildman–Crippen LogP) is 0.579. The number of amides is 1. The third-order valence-electron chi connectivity index (χ3n) is 2.91. The number of carboxylic acid groups (broad SMARTS) is 1. The zero-order valence-electron chi connectivity index (χ0n) is 10.1. The minimum absolute atomic E-state index is 0.0969. The lowest BCUT2D eigenvalue weighted by Gasteiger charge is -2.43. The second-order valence-corrected chi connectivity index (χ2v) is 5.36. The van der Waals surface area contributed by atoms with E-state index in [4.69, 9.17) is 9.84 Å². The molecule has 1 saturated heterocycles. The molecule has 3 atom stereocenters. The minimum atomic E-state index is -1.17. The van der Waals surface area contributed by atoms with Crippen LogP contribution in [0.5, 0.6) is 0 Å². The fraction of sp³-hybridized carbons (Fsp3) is 0.636. The molecule has 2 heterocycles. The molecule has 2 aliphatic heterocycles. The smallest absolute Gasteiger partial charge is 0.357 e. The van der Waals surface area contributed by atoms with Gasteiger partial charge in [0.05, 0.1) is 18.6 Å². The normalized spacial score (nSPS) is 27.9. The largest absolute Gasteiger partial charge is 0.485 e. The molecule has 0 bridgehead atoms.